The lowest BCUT2D eigenvalue weighted by atomic mass is 9.69. The fourth-order valence-electron chi connectivity index (χ4n) is 3.49. The zero-order chi connectivity index (χ0) is 14.3. The summed E-state index contributed by atoms with van der Waals surface area (Å²) >= 11 is 0. The largest absolute Gasteiger partial charge is 0.375 e. The van der Waals surface area contributed by atoms with Gasteiger partial charge >= 0.3 is 0 Å². The van der Waals surface area contributed by atoms with Gasteiger partial charge in [0.15, 0.2) is 5.60 Å². The van der Waals surface area contributed by atoms with Gasteiger partial charge in [-0.2, -0.15) is 0 Å². The molecule has 3 rings (SSSR count). The number of para-hydroxylation sites is 1. The Morgan fingerprint density at radius 1 is 1.35 bits per heavy atom. The van der Waals surface area contributed by atoms with Crippen LogP contribution in [-0.2, 0) is 15.2 Å². The molecular weight excluding hydrogens is 254 g/mol. The Morgan fingerprint density at radius 3 is 2.85 bits per heavy atom. The molecule has 0 saturated heterocycles. The predicted octanol–water partition coefficient (Wildman–Crippen LogP) is 2.22. The summed E-state index contributed by atoms with van der Waals surface area (Å²) in [4.78, 5) is 24.5. The van der Waals surface area contributed by atoms with Crippen LogP contribution in [0, 0.1) is 11.8 Å². The van der Waals surface area contributed by atoms with Crippen LogP contribution in [0.5, 0.6) is 0 Å². The summed E-state index contributed by atoms with van der Waals surface area (Å²) in [6.45, 7) is 2.09. The Morgan fingerprint density at radius 2 is 2.10 bits per heavy atom. The van der Waals surface area contributed by atoms with Crippen molar-refractivity contribution >= 4 is 17.4 Å². The average molecular weight is 273 g/mol. The van der Waals surface area contributed by atoms with E-state index in [-0.39, 0.29) is 5.78 Å². The average Bonchev–Trinajstić information content (AvgIpc) is 2.72. The van der Waals surface area contributed by atoms with Crippen molar-refractivity contribution in [3.05, 3.63) is 29.8 Å². The van der Waals surface area contributed by atoms with Crippen molar-refractivity contribution in [1.29, 1.82) is 0 Å². The lowest BCUT2D eigenvalue weighted by Gasteiger charge is -2.35. The first-order valence-corrected chi connectivity index (χ1v) is 7.23. The first-order chi connectivity index (χ1) is 9.57. The Labute approximate surface area is 118 Å². The van der Waals surface area contributed by atoms with Gasteiger partial charge in [0.2, 0.25) is 0 Å². The number of rotatable bonds is 2. The minimum absolute atomic E-state index is 0.00375. The van der Waals surface area contributed by atoms with E-state index in [0.29, 0.717) is 30.0 Å². The molecule has 20 heavy (non-hydrogen) atoms. The van der Waals surface area contributed by atoms with Gasteiger partial charge in [-0.1, -0.05) is 31.5 Å². The minimum atomic E-state index is -1.69. The third-order valence-corrected chi connectivity index (χ3v) is 4.77. The highest BCUT2D eigenvalue weighted by Crippen LogP contribution is 2.46. The summed E-state index contributed by atoms with van der Waals surface area (Å²) < 4.78 is 0. The van der Waals surface area contributed by atoms with Gasteiger partial charge in [0, 0.05) is 17.7 Å². The van der Waals surface area contributed by atoms with Gasteiger partial charge in [-0.05, 0) is 24.8 Å². The van der Waals surface area contributed by atoms with Gasteiger partial charge in [-0.25, -0.2) is 0 Å². The van der Waals surface area contributed by atoms with Crippen LogP contribution < -0.4 is 5.32 Å². The van der Waals surface area contributed by atoms with Crippen molar-refractivity contribution in [2.24, 2.45) is 11.8 Å². The molecule has 1 aromatic rings. The minimum Gasteiger partial charge on any atom is -0.375 e. The number of hydrogen-bond acceptors (Lipinski definition) is 3. The first kappa shape index (κ1) is 13.3. The van der Waals surface area contributed by atoms with E-state index in [9.17, 15) is 14.7 Å². The standard InChI is InChI=1S/C16H19NO3/c1-2-10-7-8-14(18)12(9-10)16(20)11-5-3-4-6-13(11)17-15(16)19/h3-6,10,12,20H,2,7-9H2,1H3,(H,17,19)/t10-,12-,16+/m1/s1. The molecule has 1 heterocycles. The molecule has 106 valence electrons. The summed E-state index contributed by atoms with van der Waals surface area (Å²) in [6.07, 6.45) is 2.89. The summed E-state index contributed by atoms with van der Waals surface area (Å²) in [6, 6.07) is 7.09. The highest BCUT2D eigenvalue weighted by atomic mass is 16.3. The normalized spacial score (nSPS) is 32.9. The van der Waals surface area contributed by atoms with Crippen molar-refractivity contribution in [2.45, 2.75) is 38.2 Å². The lowest BCUT2D eigenvalue weighted by molar-refractivity contribution is -0.152. The maximum atomic E-state index is 12.3. The number of carbonyl (C=O) groups is 2. The van der Waals surface area contributed by atoms with Crippen LogP contribution in [-0.4, -0.2) is 16.8 Å². The molecule has 0 aromatic heterocycles. The number of aliphatic hydroxyl groups is 1. The smallest absolute Gasteiger partial charge is 0.261 e. The van der Waals surface area contributed by atoms with E-state index in [2.05, 4.69) is 12.2 Å². The number of fused-ring (bicyclic) bond motifs is 1. The van der Waals surface area contributed by atoms with Gasteiger partial charge < -0.3 is 10.4 Å². The van der Waals surface area contributed by atoms with E-state index in [1.54, 1.807) is 18.2 Å². The Hall–Kier alpha value is -1.68. The number of benzene rings is 1. The second-order valence-electron chi connectivity index (χ2n) is 5.83. The Bertz CT molecular complexity index is 569. The van der Waals surface area contributed by atoms with Crippen LogP contribution in [0.15, 0.2) is 24.3 Å². The summed E-state index contributed by atoms with van der Waals surface area (Å²) in [7, 11) is 0. The first-order valence-electron chi connectivity index (χ1n) is 7.23. The Balaban J connectivity index is 2.03. The van der Waals surface area contributed by atoms with E-state index in [4.69, 9.17) is 0 Å². The van der Waals surface area contributed by atoms with E-state index in [1.165, 1.54) is 0 Å². The third kappa shape index (κ3) is 1.79. The maximum Gasteiger partial charge on any atom is 0.261 e. The molecule has 0 radical (unpaired) electrons. The number of hydrogen-bond donors (Lipinski definition) is 2. The van der Waals surface area contributed by atoms with Crippen LogP contribution in [0.3, 0.4) is 0 Å². The quantitative estimate of drug-likeness (QED) is 0.868. The summed E-state index contributed by atoms with van der Waals surface area (Å²) in [5.74, 6) is -0.676. The molecule has 1 amide bonds. The summed E-state index contributed by atoms with van der Waals surface area (Å²) in [5.41, 5.74) is -0.534. The Kier molecular flexibility index (Phi) is 3.13. The van der Waals surface area contributed by atoms with Gasteiger partial charge in [-0.15, -0.1) is 0 Å². The number of amides is 1. The fraction of sp³-hybridized carbons (Fsp3) is 0.500. The second-order valence-corrected chi connectivity index (χ2v) is 5.83. The summed E-state index contributed by atoms with van der Waals surface area (Å²) in [5, 5.41) is 13.7. The van der Waals surface area contributed by atoms with Gasteiger partial charge in [0.1, 0.15) is 5.78 Å². The van der Waals surface area contributed by atoms with Crippen LogP contribution in [0.4, 0.5) is 5.69 Å². The molecule has 3 atom stereocenters. The van der Waals surface area contributed by atoms with E-state index in [1.807, 2.05) is 6.07 Å². The predicted molar refractivity (Wildman–Crippen MR) is 75.1 cm³/mol. The van der Waals surface area contributed by atoms with E-state index in [0.717, 1.165) is 12.8 Å². The molecule has 0 bridgehead atoms. The van der Waals surface area contributed by atoms with Gasteiger partial charge in [-0.3, -0.25) is 9.59 Å². The van der Waals surface area contributed by atoms with Crippen LogP contribution in [0.1, 0.15) is 38.2 Å². The molecule has 1 aliphatic carbocycles. The maximum absolute atomic E-state index is 12.3. The topological polar surface area (TPSA) is 66.4 Å². The fourth-order valence-corrected chi connectivity index (χ4v) is 3.49. The molecule has 1 fully saturated rings. The second kappa shape index (κ2) is 4.70. The number of ketones is 1. The molecular formula is C16H19NO3. The number of carbonyl (C=O) groups excluding carboxylic acids is 2. The van der Waals surface area contributed by atoms with E-state index >= 15 is 0 Å². The van der Waals surface area contributed by atoms with Crippen LogP contribution in [0.25, 0.3) is 0 Å². The van der Waals surface area contributed by atoms with Crippen molar-refractivity contribution < 1.29 is 14.7 Å². The van der Waals surface area contributed by atoms with Crippen LogP contribution >= 0.6 is 0 Å². The SMILES string of the molecule is CC[C@@H]1CCC(=O)[C@H]([C@]2(O)C(=O)Nc3ccccc32)C1. The molecule has 2 N–H and O–H groups in total. The van der Waals surface area contributed by atoms with Crippen LogP contribution in [0.2, 0.25) is 0 Å². The molecule has 0 unspecified atom stereocenters. The molecule has 0 spiro atoms. The molecule has 4 heteroatoms. The van der Waals surface area contributed by atoms with E-state index < -0.39 is 17.4 Å². The third-order valence-electron chi connectivity index (χ3n) is 4.77. The molecule has 1 aliphatic heterocycles. The number of nitrogens with one attached hydrogen (secondary N) is 1. The monoisotopic (exact) mass is 273 g/mol. The van der Waals surface area contributed by atoms with Crippen molar-refractivity contribution in [1.82, 2.24) is 0 Å². The molecule has 1 saturated carbocycles. The molecule has 2 aliphatic rings. The zero-order valence-electron chi connectivity index (χ0n) is 11.6. The zero-order valence-corrected chi connectivity index (χ0v) is 11.6. The van der Waals surface area contributed by atoms with Gasteiger partial charge in [0.05, 0.1) is 5.92 Å². The lowest BCUT2D eigenvalue weighted by Crippen LogP contribution is -2.47. The number of Topliss-reactive ketones (excluding diaryl/α,β-unsaturated/α-hetero) is 1. The number of anilines is 1. The van der Waals surface area contributed by atoms with Crippen molar-refractivity contribution in [3.63, 3.8) is 0 Å². The van der Waals surface area contributed by atoms with Gasteiger partial charge in [0.25, 0.3) is 5.91 Å². The highest BCUT2D eigenvalue weighted by Gasteiger charge is 2.54. The molecule has 4 nitrogen and oxygen atoms in total. The van der Waals surface area contributed by atoms with Crippen molar-refractivity contribution in [2.75, 3.05) is 5.32 Å². The molecule has 1 aromatic carbocycles. The van der Waals surface area contributed by atoms with Crippen molar-refractivity contribution in [3.8, 4) is 0 Å². The highest BCUT2D eigenvalue weighted by molar-refractivity contribution is 6.08.